The van der Waals surface area contributed by atoms with Gasteiger partial charge in [-0.1, -0.05) is 30.9 Å². The van der Waals surface area contributed by atoms with Crippen molar-refractivity contribution in [3.05, 3.63) is 28.8 Å². The molecular formula is C14H16ClF3N2S. The molecule has 2 rings (SSSR count). The second-order valence-corrected chi connectivity index (χ2v) is 5.94. The van der Waals surface area contributed by atoms with Gasteiger partial charge >= 0.3 is 6.18 Å². The van der Waals surface area contributed by atoms with E-state index in [0.29, 0.717) is 11.2 Å². The molecule has 116 valence electrons. The number of benzene rings is 1. The number of hydrogen-bond donors (Lipinski definition) is 2. The highest BCUT2D eigenvalue weighted by Gasteiger charge is 2.33. The van der Waals surface area contributed by atoms with Gasteiger partial charge in [-0.25, -0.2) is 0 Å². The monoisotopic (exact) mass is 336 g/mol. The fourth-order valence-corrected chi connectivity index (χ4v) is 2.93. The smallest absolute Gasteiger partial charge is 0.360 e. The molecule has 0 spiro atoms. The Labute approximate surface area is 132 Å². The van der Waals surface area contributed by atoms with Crippen molar-refractivity contribution >= 4 is 34.6 Å². The minimum absolute atomic E-state index is 0.278. The summed E-state index contributed by atoms with van der Waals surface area (Å²) in [6, 6.07) is 3.97. The molecule has 0 saturated heterocycles. The third-order valence-electron chi connectivity index (χ3n) is 3.47. The molecule has 21 heavy (non-hydrogen) atoms. The zero-order valence-electron chi connectivity index (χ0n) is 11.3. The van der Waals surface area contributed by atoms with Crippen LogP contribution in [0.5, 0.6) is 0 Å². The van der Waals surface area contributed by atoms with E-state index in [2.05, 4.69) is 10.6 Å². The van der Waals surface area contributed by atoms with Gasteiger partial charge in [-0.15, -0.1) is 0 Å². The average molecular weight is 337 g/mol. The molecule has 2 nitrogen and oxygen atoms in total. The molecule has 0 aromatic heterocycles. The van der Waals surface area contributed by atoms with Gasteiger partial charge in [0, 0.05) is 11.7 Å². The summed E-state index contributed by atoms with van der Waals surface area (Å²) in [5.41, 5.74) is -0.588. The first-order valence-electron chi connectivity index (χ1n) is 6.80. The third-order valence-corrected chi connectivity index (χ3v) is 4.02. The molecule has 1 aromatic rings. The molecule has 1 fully saturated rings. The van der Waals surface area contributed by atoms with Gasteiger partial charge < -0.3 is 10.6 Å². The van der Waals surface area contributed by atoms with Crippen molar-refractivity contribution in [2.45, 2.75) is 44.3 Å². The Kier molecular flexibility index (Phi) is 5.32. The molecule has 0 unspecified atom stereocenters. The highest BCUT2D eigenvalue weighted by atomic mass is 35.5. The summed E-state index contributed by atoms with van der Waals surface area (Å²) in [5.74, 6) is 0. The number of thiocarbonyl (C=S) groups is 1. The second kappa shape index (κ2) is 6.83. The largest absolute Gasteiger partial charge is 0.417 e. The third kappa shape index (κ3) is 4.74. The van der Waals surface area contributed by atoms with Crippen LogP contribution in [0.15, 0.2) is 18.2 Å². The normalized spacial score (nSPS) is 16.6. The first-order chi connectivity index (χ1) is 9.86. The van der Waals surface area contributed by atoms with Crippen LogP contribution in [0.1, 0.15) is 37.7 Å². The van der Waals surface area contributed by atoms with E-state index in [4.69, 9.17) is 23.8 Å². The highest BCUT2D eigenvalue weighted by Crippen LogP contribution is 2.36. The predicted molar refractivity (Wildman–Crippen MR) is 82.7 cm³/mol. The van der Waals surface area contributed by atoms with Gasteiger partial charge in [0.15, 0.2) is 5.11 Å². The van der Waals surface area contributed by atoms with Crippen molar-refractivity contribution < 1.29 is 13.2 Å². The van der Waals surface area contributed by atoms with E-state index in [0.717, 1.165) is 31.7 Å². The molecule has 7 heteroatoms. The zero-order valence-corrected chi connectivity index (χ0v) is 12.8. The maximum absolute atomic E-state index is 12.8. The van der Waals surface area contributed by atoms with Crippen molar-refractivity contribution in [2.75, 3.05) is 5.32 Å². The molecule has 1 saturated carbocycles. The van der Waals surface area contributed by atoms with E-state index >= 15 is 0 Å². The molecule has 0 radical (unpaired) electrons. The molecule has 2 N–H and O–H groups in total. The lowest BCUT2D eigenvalue weighted by Gasteiger charge is -2.24. The van der Waals surface area contributed by atoms with E-state index in [1.807, 2.05) is 0 Å². The van der Waals surface area contributed by atoms with Crippen molar-refractivity contribution in [1.82, 2.24) is 5.32 Å². The SMILES string of the molecule is FC(F)(F)c1cc(NC(=S)NC2CCCCC2)ccc1Cl. The molecule has 0 aliphatic heterocycles. The number of anilines is 1. The van der Waals surface area contributed by atoms with Gasteiger partial charge in [-0.3, -0.25) is 0 Å². The number of alkyl halides is 3. The predicted octanol–water partition coefficient (Wildman–Crippen LogP) is 4.98. The quantitative estimate of drug-likeness (QED) is 0.745. The second-order valence-electron chi connectivity index (χ2n) is 5.13. The maximum Gasteiger partial charge on any atom is 0.417 e. The number of nitrogens with one attached hydrogen (secondary N) is 2. The fraction of sp³-hybridized carbons (Fsp3) is 0.500. The Balaban J connectivity index is 2.00. The summed E-state index contributed by atoms with van der Waals surface area (Å²) in [4.78, 5) is 0. The first kappa shape index (κ1) is 16.4. The lowest BCUT2D eigenvalue weighted by molar-refractivity contribution is -0.137. The zero-order chi connectivity index (χ0) is 15.5. The molecule has 0 amide bonds. The standard InChI is InChI=1S/C14H16ClF3N2S/c15-12-7-6-10(8-11(12)14(16,17)18)20-13(21)19-9-4-2-1-3-5-9/h6-9H,1-5H2,(H2,19,20,21). The van der Waals surface area contributed by atoms with Gasteiger partial charge in [0.05, 0.1) is 10.6 Å². The molecule has 0 bridgehead atoms. The van der Waals surface area contributed by atoms with Gasteiger partial charge in [0.1, 0.15) is 0 Å². The van der Waals surface area contributed by atoms with E-state index in [1.54, 1.807) is 0 Å². The van der Waals surface area contributed by atoms with Crippen LogP contribution in [0.3, 0.4) is 0 Å². The minimum Gasteiger partial charge on any atom is -0.360 e. The number of rotatable bonds is 2. The average Bonchev–Trinajstić information content (AvgIpc) is 2.41. The van der Waals surface area contributed by atoms with Crippen LogP contribution in [0.25, 0.3) is 0 Å². The molecule has 1 aromatic carbocycles. The number of halogens is 4. The van der Waals surface area contributed by atoms with Crippen LogP contribution >= 0.6 is 23.8 Å². The lowest BCUT2D eigenvalue weighted by atomic mass is 9.96. The lowest BCUT2D eigenvalue weighted by Crippen LogP contribution is -2.38. The van der Waals surface area contributed by atoms with Crippen molar-refractivity contribution in [1.29, 1.82) is 0 Å². The number of hydrogen-bond acceptors (Lipinski definition) is 1. The van der Waals surface area contributed by atoms with Crippen molar-refractivity contribution in [3.8, 4) is 0 Å². The van der Waals surface area contributed by atoms with Gasteiger partial charge in [0.25, 0.3) is 0 Å². The Hall–Kier alpha value is -1.01. The Morgan fingerprint density at radius 2 is 1.86 bits per heavy atom. The topological polar surface area (TPSA) is 24.1 Å². The summed E-state index contributed by atoms with van der Waals surface area (Å²) in [7, 11) is 0. The summed E-state index contributed by atoms with van der Waals surface area (Å²) in [6.07, 6.45) is 1.13. The van der Waals surface area contributed by atoms with Crippen LogP contribution in [-0.4, -0.2) is 11.2 Å². The molecule has 1 aliphatic carbocycles. The molecule has 0 heterocycles. The van der Waals surface area contributed by atoms with Crippen LogP contribution in [0, 0.1) is 0 Å². The molecule has 0 atom stereocenters. The van der Waals surface area contributed by atoms with Crippen LogP contribution < -0.4 is 10.6 Å². The first-order valence-corrected chi connectivity index (χ1v) is 7.59. The maximum atomic E-state index is 12.8. The Bertz CT molecular complexity index is 513. The summed E-state index contributed by atoms with van der Waals surface area (Å²) < 4.78 is 38.3. The minimum atomic E-state index is -4.48. The highest BCUT2D eigenvalue weighted by molar-refractivity contribution is 7.80. The van der Waals surface area contributed by atoms with Gasteiger partial charge in [0.2, 0.25) is 0 Å². The van der Waals surface area contributed by atoms with E-state index in [9.17, 15) is 13.2 Å². The summed E-state index contributed by atoms with van der Waals surface area (Å²) in [6.45, 7) is 0. The molecular weight excluding hydrogens is 321 g/mol. The van der Waals surface area contributed by atoms with E-state index in [1.165, 1.54) is 18.6 Å². The van der Waals surface area contributed by atoms with Crippen LogP contribution in [0.2, 0.25) is 5.02 Å². The molecule has 1 aliphatic rings. The Morgan fingerprint density at radius 1 is 1.19 bits per heavy atom. The Morgan fingerprint density at radius 3 is 2.48 bits per heavy atom. The van der Waals surface area contributed by atoms with Crippen molar-refractivity contribution in [3.63, 3.8) is 0 Å². The van der Waals surface area contributed by atoms with E-state index < -0.39 is 11.7 Å². The summed E-state index contributed by atoms with van der Waals surface area (Å²) in [5, 5.41) is 5.96. The van der Waals surface area contributed by atoms with Crippen molar-refractivity contribution in [2.24, 2.45) is 0 Å². The van der Waals surface area contributed by atoms with Gasteiger partial charge in [-0.05, 0) is 43.3 Å². The van der Waals surface area contributed by atoms with Gasteiger partial charge in [-0.2, -0.15) is 13.2 Å². The summed E-state index contributed by atoms with van der Waals surface area (Å²) >= 11 is 10.7. The fourth-order valence-electron chi connectivity index (χ4n) is 2.42. The van der Waals surface area contributed by atoms with E-state index in [-0.39, 0.29) is 10.7 Å². The van der Waals surface area contributed by atoms with Crippen LogP contribution in [-0.2, 0) is 6.18 Å². The van der Waals surface area contributed by atoms with Crippen LogP contribution in [0.4, 0.5) is 18.9 Å².